The molecule has 1 unspecified atom stereocenters. The number of aryl methyl sites for hydroxylation is 3. The topological polar surface area (TPSA) is 87.5 Å². The van der Waals surface area contributed by atoms with Crippen molar-refractivity contribution in [3.8, 4) is 0 Å². The summed E-state index contributed by atoms with van der Waals surface area (Å²) in [5.41, 5.74) is 3.77. The van der Waals surface area contributed by atoms with Crippen LogP contribution in [0.1, 0.15) is 48.8 Å². The first kappa shape index (κ1) is 19.9. The molecule has 0 bridgehead atoms. The second-order valence-electron chi connectivity index (χ2n) is 7.29. The first-order valence-corrected chi connectivity index (χ1v) is 9.82. The molecular formula is C21H28N4O3. The van der Waals surface area contributed by atoms with E-state index in [0.717, 1.165) is 35.5 Å². The van der Waals surface area contributed by atoms with Gasteiger partial charge in [0, 0.05) is 30.3 Å². The number of carbonyl (C=O) groups excluding carboxylic acids is 2. The second-order valence-corrected chi connectivity index (χ2v) is 7.29. The molecule has 0 spiro atoms. The lowest BCUT2D eigenvalue weighted by Gasteiger charge is -2.21. The zero-order valence-electron chi connectivity index (χ0n) is 16.7. The van der Waals surface area contributed by atoms with Gasteiger partial charge < -0.3 is 20.1 Å². The Balaban J connectivity index is 1.53. The summed E-state index contributed by atoms with van der Waals surface area (Å²) < 4.78 is 5.19. The van der Waals surface area contributed by atoms with Gasteiger partial charge in [0.25, 0.3) is 0 Å². The van der Waals surface area contributed by atoms with Gasteiger partial charge in [0.2, 0.25) is 5.91 Å². The standard InChI is InChI=1S/C21H28N4O3/c1-4-16-5-7-17(8-6-16)22-21(27)23-18-9-10-20(26)25(12-11-18)13-19-14(2)24-28-15(19)3/h5-8,18H,4,9-13H2,1-3H3,(H2,22,23,27). The number of urea groups is 1. The number of anilines is 1. The molecule has 1 aliphatic rings. The smallest absolute Gasteiger partial charge is 0.319 e. The first-order chi connectivity index (χ1) is 13.5. The van der Waals surface area contributed by atoms with E-state index in [1.54, 1.807) is 0 Å². The van der Waals surface area contributed by atoms with Gasteiger partial charge >= 0.3 is 6.03 Å². The molecule has 0 saturated carbocycles. The molecule has 0 radical (unpaired) electrons. The molecule has 7 nitrogen and oxygen atoms in total. The fourth-order valence-corrected chi connectivity index (χ4v) is 3.44. The third kappa shape index (κ3) is 4.91. The van der Waals surface area contributed by atoms with Crippen LogP contribution in [-0.2, 0) is 17.8 Å². The van der Waals surface area contributed by atoms with E-state index in [9.17, 15) is 9.59 Å². The van der Waals surface area contributed by atoms with E-state index >= 15 is 0 Å². The SMILES string of the molecule is CCc1ccc(NC(=O)NC2CCC(=O)N(Cc3c(C)noc3C)CC2)cc1. The molecule has 3 rings (SSSR count). The van der Waals surface area contributed by atoms with E-state index in [1.807, 2.05) is 43.0 Å². The van der Waals surface area contributed by atoms with E-state index < -0.39 is 0 Å². The van der Waals surface area contributed by atoms with Crippen LogP contribution < -0.4 is 10.6 Å². The number of nitrogens with zero attached hydrogens (tertiary/aromatic N) is 2. The van der Waals surface area contributed by atoms with Crippen molar-refractivity contribution < 1.29 is 14.1 Å². The summed E-state index contributed by atoms with van der Waals surface area (Å²) in [7, 11) is 0. The van der Waals surface area contributed by atoms with Crippen LogP contribution in [-0.4, -0.2) is 34.6 Å². The quantitative estimate of drug-likeness (QED) is 0.825. The molecule has 2 aromatic rings. The molecule has 7 heteroatoms. The number of amides is 3. The highest BCUT2D eigenvalue weighted by atomic mass is 16.5. The Morgan fingerprint density at radius 3 is 2.64 bits per heavy atom. The van der Waals surface area contributed by atoms with Crippen LogP contribution in [0.4, 0.5) is 10.5 Å². The van der Waals surface area contributed by atoms with Crippen LogP contribution in [0.2, 0.25) is 0 Å². The molecule has 2 N–H and O–H groups in total. The zero-order valence-corrected chi connectivity index (χ0v) is 16.7. The number of carbonyl (C=O) groups is 2. The Bertz CT molecular complexity index is 809. The predicted octanol–water partition coefficient (Wildman–Crippen LogP) is 3.56. The monoisotopic (exact) mass is 384 g/mol. The van der Waals surface area contributed by atoms with Crippen LogP contribution >= 0.6 is 0 Å². The van der Waals surface area contributed by atoms with Crippen molar-refractivity contribution in [2.75, 3.05) is 11.9 Å². The number of nitrogens with one attached hydrogen (secondary N) is 2. The third-order valence-corrected chi connectivity index (χ3v) is 5.29. The van der Waals surface area contributed by atoms with Crippen LogP contribution in [0.5, 0.6) is 0 Å². The van der Waals surface area contributed by atoms with E-state index in [4.69, 9.17) is 4.52 Å². The fraction of sp³-hybridized carbons (Fsp3) is 0.476. The van der Waals surface area contributed by atoms with E-state index in [1.165, 1.54) is 5.56 Å². The highest BCUT2D eigenvalue weighted by molar-refractivity contribution is 5.89. The molecule has 1 saturated heterocycles. The highest BCUT2D eigenvalue weighted by Crippen LogP contribution is 2.19. The zero-order chi connectivity index (χ0) is 20.1. The molecular weight excluding hydrogens is 356 g/mol. The maximum Gasteiger partial charge on any atom is 0.319 e. The third-order valence-electron chi connectivity index (χ3n) is 5.29. The van der Waals surface area contributed by atoms with Crippen molar-refractivity contribution in [2.24, 2.45) is 0 Å². The molecule has 1 aromatic carbocycles. The maximum atomic E-state index is 12.5. The largest absolute Gasteiger partial charge is 0.361 e. The average Bonchev–Trinajstić information content (AvgIpc) is 2.89. The molecule has 1 aliphatic heterocycles. The molecule has 2 heterocycles. The summed E-state index contributed by atoms with van der Waals surface area (Å²) in [5, 5.41) is 9.82. The lowest BCUT2D eigenvalue weighted by Crippen LogP contribution is -2.38. The average molecular weight is 384 g/mol. The lowest BCUT2D eigenvalue weighted by atomic mass is 10.1. The summed E-state index contributed by atoms with van der Waals surface area (Å²) in [4.78, 5) is 26.6. The molecule has 28 heavy (non-hydrogen) atoms. The predicted molar refractivity (Wildman–Crippen MR) is 107 cm³/mol. The van der Waals surface area contributed by atoms with E-state index in [0.29, 0.717) is 25.9 Å². The highest BCUT2D eigenvalue weighted by Gasteiger charge is 2.25. The van der Waals surface area contributed by atoms with Crippen molar-refractivity contribution in [3.63, 3.8) is 0 Å². The summed E-state index contributed by atoms with van der Waals surface area (Å²) in [6.07, 6.45) is 2.74. The molecule has 1 atom stereocenters. The second kappa shape index (κ2) is 8.91. The van der Waals surface area contributed by atoms with Gasteiger partial charge in [-0.25, -0.2) is 4.79 Å². The fourth-order valence-electron chi connectivity index (χ4n) is 3.44. The number of benzene rings is 1. The number of aromatic nitrogens is 1. The first-order valence-electron chi connectivity index (χ1n) is 9.82. The van der Waals surface area contributed by atoms with Gasteiger partial charge in [0.1, 0.15) is 5.76 Å². The maximum absolute atomic E-state index is 12.5. The number of rotatable bonds is 5. The van der Waals surface area contributed by atoms with Gasteiger partial charge in [-0.05, 0) is 50.8 Å². The minimum atomic E-state index is -0.235. The van der Waals surface area contributed by atoms with Crippen LogP contribution in [0.25, 0.3) is 0 Å². The van der Waals surface area contributed by atoms with Gasteiger partial charge in [-0.2, -0.15) is 0 Å². The van der Waals surface area contributed by atoms with Crippen molar-refractivity contribution in [1.29, 1.82) is 0 Å². The van der Waals surface area contributed by atoms with Crippen molar-refractivity contribution in [2.45, 2.75) is 59.0 Å². The number of hydrogen-bond acceptors (Lipinski definition) is 4. The van der Waals surface area contributed by atoms with Crippen molar-refractivity contribution in [3.05, 3.63) is 46.8 Å². The summed E-state index contributed by atoms with van der Waals surface area (Å²) in [6, 6.07) is 7.55. The molecule has 1 fully saturated rings. The van der Waals surface area contributed by atoms with Crippen LogP contribution in [0, 0.1) is 13.8 Å². The Hall–Kier alpha value is -2.83. The molecule has 150 valence electrons. The van der Waals surface area contributed by atoms with Gasteiger partial charge in [0.15, 0.2) is 0 Å². The van der Waals surface area contributed by atoms with Crippen molar-refractivity contribution in [1.82, 2.24) is 15.4 Å². The van der Waals surface area contributed by atoms with Gasteiger partial charge in [-0.1, -0.05) is 24.2 Å². The minimum Gasteiger partial charge on any atom is -0.361 e. The van der Waals surface area contributed by atoms with Crippen molar-refractivity contribution >= 4 is 17.6 Å². The van der Waals surface area contributed by atoms with Gasteiger partial charge in [0.05, 0.1) is 12.2 Å². The molecule has 3 amide bonds. The van der Waals surface area contributed by atoms with E-state index in [-0.39, 0.29) is 18.0 Å². The minimum absolute atomic E-state index is 0.0338. The van der Waals surface area contributed by atoms with E-state index in [2.05, 4.69) is 22.7 Å². The number of hydrogen-bond donors (Lipinski definition) is 2. The number of likely N-dealkylation sites (tertiary alicyclic amines) is 1. The van der Waals surface area contributed by atoms with Crippen LogP contribution in [0.15, 0.2) is 28.8 Å². The Morgan fingerprint density at radius 1 is 1.25 bits per heavy atom. The summed E-state index contributed by atoms with van der Waals surface area (Å²) in [6.45, 7) is 6.94. The Kier molecular flexibility index (Phi) is 6.34. The molecule has 0 aliphatic carbocycles. The van der Waals surface area contributed by atoms with Crippen LogP contribution in [0.3, 0.4) is 0 Å². The normalized spacial score (nSPS) is 17.3. The van der Waals surface area contributed by atoms with Gasteiger partial charge in [-0.15, -0.1) is 0 Å². The Morgan fingerprint density at radius 2 is 2.00 bits per heavy atom. The Labute approximate surface area is 165 Å². The molecule has 1 aromatic heterocycles. The lowest BCUT2D eigenvalue weighted by molar-refractivity contribution is -0.131. The summed E-state index contributed by atoms with van der Waals surface area (Å²) >= 11 is 0. The summed E-state index contributed by atoms with van der Waals surface area (Å²) in [5.74, 6) is 0.845. The van der Waals surface area contributed by atoms with Gasteiger partial charge in [-0.3, -0.25) is 4.79 Å².